The van der Waals surface area contributed by atoms with Gasteiger partial charge in [0.2, 0.25) is 0 Å². The standard InChI is InChI=1S/C23H19N5O5/c1-27-22(31)17-11-13(21(30)26-18-6-4-3-5-16(18)19(24)29)12-25-20(17)28(23(27)32)14-7-9-15(33-2)10-8-14/h3-12H,1-2H3,(H2,24,29)(H,26,30). The summed E-state index contributed by atoms with van der Waals surface area (Å²) in [4.78, 5) is 54.3. The van der Waals surface area contributed by atoms with Crippen LogP contribution in [-0.2, 0) is 7.05 Å². The van der Waals surface area contributed by atoms with Gasteiger partial charge in [-0.25, -0.2) is 14.3 Å². The highest BCUT2D eigenvalue weighted by Gasteiger charge is 2.18. The van der Waals surface area contributed by atoms with Gasteiger partial charge in [-0.1, -0.05) is 12.1 Å². The number of ether oxygens (including phenoxy) is 1. The van der Waals surface area contributed by atoms with E-state index in [4.69, 9.17) is 10.5 Å². The largest absolute Gasteiger partial charge is 0.497 e. The molecule has 166 valence electrons. The second-order valence-corrected chi connectivity index (χ2v) is 7.14. The number of methoxy groups -OCH3 is 1. The SMILES string of the molecule is COc1ccc(-n2c(=O)n(C)c(=O)c3cc(C(=O)Nc4ccccc4C(N)=O)cnc32)cc1. The second kappa shape index (κ2) is 8.42. The molecule has 0 fully saturated rings. The molecule has 2 amide bonds. The number of primary amides is 1. The van der Waals surface area contributed by atoms with E-state index >= 15 is 0 Å². The molecule has 10 heteroatoms. The summed E-state index contributed by atoms with van der Waals surface area (Å²) in [7, 11) is 2.87. The number of para-hydroxylation sites is 1. The van der Waals surface area contributed by atoms with Gasteiger partial charge in [0.1, 0.15) is 5.75 Å². The number of nitrogens with zero attached hydrogens (tertiary/aromatic N) is 3. The van der Waals surface area contributed by atoms with Crippen molar-refractivity contribution in [2.75, 3.05) is 12.4 Å². The number of carbonyl (C=O) groups excluding carboxylic acids is 2. The minimum absolute atomic E-state index is 0.0683. The molecular weight excluding hydrogens is 426 g/mol. The van der Waals surface area contributed by atoms with E-state index in [2.05, 4.69) is 10.3 Å². The van der Waals surface area contributed by atoms with Gasteiger partial charge >= 0.3 is 5.69 Å². The van der Waals surface area contributed by atoms with Crippen LogP contribution >= 0.6 is 0 Å². The third-order valence-corrected chi connectivity index (χ3v) is 5.13. The number of nitrogens with one attached hydrogen (secondary N) is 1. The van der Waals surface area contributed by atoms with Crippen LogP contribution in [0.4, 0.5) is 5.69 Å². The minimum Gasteiger partial charge on any atom is -0.497 e. The van der Waals surface area contributed by atoms with Crippen molar-refractivity contribution in [1.29, 1.82) is 0 Å². The molecule has 0 atom stereocenters. The first-order valence-corrected chi connectivity index (χ1v) is 9.78. The molecule has 0 aliphatic carbocycles. The van der Waals surface area contributed by atoms with Crippen molar-refractivity contribution in [3.63, 3.8) is 0 Å². The summed E-state index contributed by atoms with van der Waals surface area (Å²) in [5, 5.41) is 2.68. The first-order valence-electron chi connectivity index (χ1n) is 9.78. The van der Waals surface area contributed by atoms with Gasteiger partial charge in [0.05, 0.1) is 35.0 Å². The normalized spacial score (nSPS) is 10.7. The highest BCUT2D eigenvalue weighted by atomic mass is 16.5. The van der Waals surface area contributed by atoms with E-state index in [9.17, 15) is 19.2 Å². The molecule has 3 N–H and O–H groups in total. The van der Waals surface area contributed by atoms with Crippen LogP contribution in [-0.4, -0.2) is 33.0 Å². The Labute approximate surface area is 186 Å². The topological polar surface area (TPSA) is 138 Å². The summed E-state index contributed by atoms with van der Waals surface area (Å²) in [5.74, 6) is -0.689. The number of hydrogen-bond acceptors (Lipinski definition) is 6. The molecule has 0 aliphatic rings. The maximum atomic E-state index is 12.9. The first-order chi connectivity index (χ1) is 15.8. The summed E-state index contributed by atoms with van der Waals surface area (Å²) >= 11 is 0. The highest BCUT2D eigenvalue weighted by molar-refractivity contribution is 6.09. The maximum Gasteiger partial charge on any atom is 0.337 e. The van der Waals surface area contributed by atoms with E-state index in [1.165, 1.54) is 43.1 Å². The molecule has 2 heterocycles. The van der Waals surface area contributed by atoms with Crippen molar-refractivity contribution in [3.8, 4) is 11.4 Å². The number of pyridine rings is 1. The lowest BCUT2D eigenvalue weighted by atomic mass is 10.1. The number of rotatable bonds is 5. The Bertz CT molecular complexity index is 1520. The fourth-order valence-electron chi connectivity index (χ4n) is 3.39. The number of aromatic nitrogens is 3. The van der Waals surface area contributed by atoms with Crippen LogP contribution in [0, 0.1) is 0 Å². The van der Waals surface area contributed by atoms with Crippen LogP contribution in [0.15, 0.2) is 70.4 Å². The van der Waals surface area contributed by atoms with Gasteiger partial charge in [-0.2, -0.15) is 0 Å². The summed E-state index contributed by atoms with van der Waals surface area (Å²) in [5.41, 5.74) is 5.19. The minimum atomic E-state index is -0.695. The van der Waals surface area contributed by atoms with Crippen LogP contribution in [0.2, 0.25) is 0 Å². The second-order valence-electron chi connectivity index (χ2n) is 7.14. The average molecular weight is 445 g/mol. The van der Waals surface area contributed by atoms with Gasteiger partial charge in [-0.05, 0) is 42.5 Å². The lowest BCUT2D eigenvalue weighted by molar-refractivity contribution is 0.100. The average Bonchev–Trinajstić information content (AvgIpc) is 2.83. The molecule has 33 heavy (non-hydrogen) atoms. The molecule has 0 spiro atoms. The van der Waals surface area contributed by atoms with Gasteiger partial charge in [0.25, 0.3) is 17.4 Å². The Balaban J connectivity index is 1.83. The summed E-state index contributed by atoms with van der Waals surface area (Å²) in [6.45, 7) is 0. The maximum absolute atomic E-state index is 12.9. The lowest BCUT2D eigenvalue weighted by Gasteiger charge is -2.13. The molecule has 0 unspecified atom stereocenters. The van der Waals surface area contributed by atoms with E-state index in [0.717, 1.165) is 4.57 Å². The van der Waals surface area contributed by atoms with Crippen molar-refractivity contribution in [3.05, 3.63) is 92.8 Å². The van der Waals surface area contributed by atoms with Gasteiger partial charge in [0.15, 0.2) is 5.65 Å². The molecule has 2 aromatic heterocycles. The van der Waals surface area contributed by atoms with Crippen molar-refractivity contribution in [1.82, 2.24) is 14.1 Å². The summed E-state index contributed by atoms with van der Waals surface area (Å²) in [6.07, 6.45) is 1.25. The zero-order chi connectivity index (χ0) is 23.7. The highest BCUT2D eigenvalue weighted by Crippen LogP contribution is 2.19. The van der Waals surface area contributed by atoms with E-state index in [0.29, 0.717) is 11.4 Å². The predicted molar refractivity (Wildman–Crippen MR) is 122 cm³/mol. The molecule has 0 radical (unpaired) electrons. The van der Waals surface area contributed by atoms with Gasteiger partial charge in [-0.15, -0.1) is 0 Å². The monoisotopic (exact) mass is 445 g/mol. The summed E-state index contributed by atoms with van der Waals surface area (Å²) in [6, 6.07) is 14.3. The Hall–Kier alpha value is -4.73. The molecule has 4 rings (SSSR count). The number of carbonyl (C=O) groups is 2. The van der Waals surface area contributed by atoms with Crippen LogP contribution in [0.3, 0.4) is 0 Å². The summed E-state index contributed by atoms with van der Waals surface area (Å²) < 4.78 is 7.37. The fourth-order valence-corrected chi connectivity index (χ4v) is 3.39. The third-order valence-electron chi connectivity index (χ3n) is 5.13. The Morgan fingerprint density at radius 2 is 1.76 bits per heavy atom. The quantitative estimate of drug-likeness (QED) is 0.477. The molecule has 4 aromatic rings. The number of anilines is 1. The molecular formula is C23H19N5O5. The molecule has 0 saturated carbocycles. The smallest absolute Gasteiger partial charge is 0.337 e. The third kappa shape index (κ3) is 3.85. The van der Waals surface area contributed by atoms with Crippen molar-refractivity contribution < 1.29 is 14.3 Å². The lowest BCUT2D eigenvalue weighted by Crippen LogP contribution is -2.38. The van der Waals surface area contributed by atoms with E-state index in [1.807, 2.05) is 0 Å². The first kappa shape index (κ1) is 21.5. The van der Waals surface area contributed by atoms with Gasteiger partial charge < -0.3 is 15.8 Å². The molecule has 0 saturated heterocycles. The Kier molecular flexibility index (Phi) is 5.49. The number of benzene rings is 2. The van der Waals surface area contributed by atoms with Crippen LogP contribution < -0.4 is 27.0 Å². The molecule has 2 aromatic carbocycles. The molecule has 10 nitrogen and oxygen atoms in total. The predicted octanol–water partition coefficient (Wildman–Crippen LogP) is 1.44. The van der Waals surface area contributed by atoms with Gasteiger partial charge in [-0.3, -0.25) is 19.0 Å². The zero-order valence-corrected chi connectivity index (χ0v) is 17.7. The van der Waals surface area contributed by atoms with Crippen molar-refractivity contribution in [2.24, 2.45) is 12.8 Å². The molecule has 0 aliphatic heterocycles. The van der Waals surface area contributed by atoms with Crippen LogP contribution in [0.25, 0.3) is 16.7 Å². The van der Waals surface area contributed by atoms with Gasteiger partial charge in [0, 0.05) is 13.2 Å². The van der Waals surface area contributed by atoms with E-state index in [-0.39, 0.29) is 27.8 Å². The van der Waals surface area contributed by atoms with Crippen LogP contribution in [0.1, 0.15) is 20.7 Å². The Morgan fingerprint density at radius 1 is 1.06 bits per heavy atom. The van der Waals surface area contributed by atoms with E-state index < -0.39 is 23.1 Å². The number of amides is 2. The number of nitrogens with two attached hydrogens (primary N) is 1. The number of fused-ring (bicyclic) bond motifs is 1. The van der Waals surface area contributed by atoms with Crippen molar-refractivity contribution >= 4 is 28.5 Å². The fraction of sp³-hybridized carbons (Fsp3) is 0.0870. The Morgan fingerprint density at radius 3 is 2.42 bits per heavy atom. The molecule has 0 bridgehead atoms. The zero-order valence-electron chi connectivity index (χ0n) is 17.7. The van der Waals surface area contributed by atoms with Crippen molar-refractivity contribution in [2.45, 2.75) is 0 Å². The number of hydrogen-bond donors (Lipinski definition) is 2. The van der Waals surface area contributed by atoms with Crippen LogP contribution in [0.5, 0.6) is 5.75 Å². The van der Waals surface area contributed by atoms with E-state index in [1.54, 1.807) is 36.4 Å².